The molecular weight excluding hydrogens is 336 g/mol. The average molecular weight is 349 g/mol. The highest BCUT2D eigenvalue weighted by molar-refractivity contribution is 9.10. The van der Waals surface area contributed by atoms with Crippen LogP contribution in [0.4, 0.5) is 11.4 Å². The smallest absolute Gasteiger partial charge is 0.273 e. The van der Waals surface area contributed by atoms with Gasteiger partial charge < -0.3 is 5.32 Å². The van der Waals surface area contributed by atoms with Crippen LogP contribution < -0.4 is 5.32 Å². The van der Waals surface area contributed by atoms with Crippen LogP contribution in [0.25, 0.3) is 0 Å². The lowest BCUT2D eigenvalue weighted by Crippen LogP contribution is -2.15. The van der Waals surface area contributed by atoms with Crippen LogP contribution in [-0.4, -0.2) is 10.8 Å². The van der Waals surface area contributed by atoms with E-state index >= 15 is 0 Å². The second-order valence-corrected chi connectivity index (χ2v) is 5.45. The highest BCUT2D eigenvalue weighted by Crippen LogP contribution is 2.24. The monoisotopic (exact) mass is 348 g/mol. The zero-order valence-electron chi connectivity index (χ0n) is 11.3. The van der Waals surface area contributed by atoms with Gasteiger partial charge in [0.15, 0.2) is 0 Å². The molecule has 0 aliphatic heterocycles. The SMILES string of the molecule is Cc1ccc(NC(=O)Cc2ccccc2[N+](=O)[O-])c(Br)c1. The molecule has 6 heteroatoms. The minimum absolute atomic E-state index is 0.0442. The number of nitro benzene ring substituents is 1. The number of nitrogens with one attached hydrogen (secondary N) is 1. The third-order valence-electron chi connectivity index (χ3n) is 2.94. The van der Waals surface area contributed by atoms with E-state index in [9.17, 15) is 14.9 Å². The topological polar surface area (TPSA) is 72.2 Å². The number of halogens is 1. The van der Waals surface area contributed by atoms with Crippen molar-refractivity contribution in [1.29, 1.82) is 0 Å². The zero-order valence-corrected chi connectivity index (χ0v) is 12.9. The van der Waals surface area contributed by atoms with Gasteiger partial charge in [0, 0.05) is 16.1 Å². The molecular formula is C15H13BrN2O3. The van der Waals surface area contributed by atoms with Gasteiger partial charge >= 0.3 is 0 Å². The van der Waals surface area contributed by atoms with Crippen molar-refractivity contribution in [1.82, 2.24) is 0 Å². The molecule has 0 spiro atoms. The molecule has 0 radical (unpaired) electrons. The van der Waals surface area contributed by atoms with E-state index in [2.05, 4.69) is 21.2 Å². The Bertz CT molecular complexity index is 701. The quantitative estimate of drug-likeness (QED) is 0.673. The Kier molecular flexibility index (Phi) is 4.70. The van der Waals surface area contributed by atoms with Gasteiger partial charge in [0.05, 0.1) is 17.0 Å². The Morgan fingerprint density at radius 3 is 2.67 bits per heavy atom. The maximum atomic E-state index is 12.0. The minimum atomic E-state index is -0.482. The summed E-state index contributed by atoms with van der Waals surface area (Å²) in [6, 6.07) is 11.8. The molecule has 2 aromatic carbocycles. The Hall–Kier alpha value is -2.21. The molecule has 21 heavy (non-hydrogen) atoms. The highest BCUT2D eigenvalue weighted by Gasteiger charge is 2.16. The normalized spacial score (nSPS) is 10.2. The Labute approximate surface area is 130 Å². The van der Waals surface area contributed by atoms with Gasteiger partial charge in [-0.25, -0.2) is 0 Å². The number of nitrogens with zero attached hydrogens (tertiary/aromatic N) is 1. The number of hydrogen-bond acceptors (Lipinski definition) is 3. The molecule has 0 aromatic heterocycles. The number of anilines is 1. The Morgan fingerprint density at radius 1 is 1.29 bits per heavy atom. The number of para-hydroxylation sites is 1. The van der Waals surface area contributed by atoms with E-state index in [1.54, 1.807) is 24.3 Å². The summed E-state index contributed by atoms with van der Waals surface area (Å²) >= 11 is 3.38. The van der Waals surface area contributed by atoms with Gasteiger partial charge in [0.2, 0.25) is 5.91 Å². The molecule has 1 amide bonds. The van der Waals surface area contributed by atoms with Crippen LogP contribution in [0.3, 0.4) is 0 Å². The summed E-state index contributed by atoms with van der Waals surface area (Å²) in [5.74, 6) is -0.297. The van der Waals surface area contributed by atoms with Gasteiger partial charge in [-0.2, -0.15) is 0 Å². The third-order valence-corrected chi connectivity index (χ3v) is 3.59. The fourth-order valence-corrected chi connectivity index (χ4v) is 2.52. The molecule has 0 heterocycles. The van der Waals surface area contributed by atoms with E-state index in [-0.39, 0.29) is 18.0 Å². The number of rotatable bonds is 4. The molecule has 2 aromatic rings. The lowest BCUT2D eigenvalue weighted by Gasteiger charge is -2.08. The molecule has 2 rings (SSSR count). The van der Waals surface area contributed by atoms with Gasteiger partial charge in [0.1, 0.15) is 0 Å². The van der Waals surface area contributed by atoms with E-state index in [0.29, 0.717) is 11.3 Å². The van der Waals surface area contributed by atoms with E-state index < -0.39 is 4.92 Å². The summed E-state index contributed by atoms with van der Waals surface area (Å²) in [6.45, 7) is 1.95. The van der Waals surface area contributed by atoms with Crippen molar-refractivity contribution >= 4 is 33.2 Å². The van der Waals surface area contributed by atoms with Crippen LogP contribution >= 0.6 is 15.9 Å². The first-order chi connectivity index (χ1) is 9.97. The standard InChI is InChI=1S/C15H13BrN2O3/c1-10-6-7-13(12(16)8-10)17-15(19)9-11-4-2-3-5-14(11)18(20)21/h2-8H,9H2,1H3,(H,17,19). The van der Waals surface area contributed by atoms with Gasteiger partial charge in [-0.05, 0) is 40.5 Å². The van der Waals surface area contributed by atoms with Gasteiger partial charge in [0.25, 0.3) is 5.69 Å². The molecule has 0 fully saturated rings. The van der Waals surface area contributed by atoms with E-state index in [4.69, 9.17) is 0 Å². The number of nitro groups is 1. The van der Waals surface area contributed by atoms with Crippen LogP contribution in [0.15, 0.2) is 46.9 Å². The molecule has 0 unspecified atom stereocenters. The number of hydrogen-bond donors (Lipinski definition) is 1. The van der Waals surface area contributed by atoms with Gasteiger partial charge in [-0.3, -0.25) is 14.9 Å². The van der Waals surface area contributed by atoms with Crippen LogP contribution in [0, 0.1) is 17.0 Å². The van der Waals surface area contributed by atoms with Crippen LogP contribution in [0.5, 0.6) is 0 Å². The highest BCUT2D eigenvalue weighted by atomic mass is 79.9. The van der Waals surface area contributed by atoms with Crippen molar-refractivity contribution in [3.05, 3.63) is 68.2 Å². The van der Waals surface area contributed by atoms with Crippen LogP contribution in [0.2, 0.25) is 0 Å². The number of aryl methyl sites for hydroxylation is 1. The van der Waals surface area contributed by atoms with E-state index in [1.807, 2.05) is 19.1 Å². The molecule has 0 aliphatic carbocycles. The maximum absolute atomic E-state index is 12.0. The largest absolute Gasteiger partial charge is 0.325 e. The predicted octanol–water partition coefficient (Wildman–Crippen LogP) is 3.85. The number of benzene rings is 2. The van der Waals surface area contributed by atoms with E-state index in [1.165, 1.54) is 6.07 Å². The fourth-order valence-electron chi connectivity index (χ4n) is 1.93. The third kappa shape index (κ3) is 3.88. The second-order valence-electron chi connectivity index (χ2n) is 4.59. The van der Waals surface area contributed by atoms with Crippen molar-refractivity contribution in [3.8, 4) is 0 Å². The minimum Gasteiger partial charge on any atom is -0.325 e. The molecule has 0 bridgehead atoms. The van der Waals surface area contributed by atoms with Crippen molar-refractivity contribution in [3.63, 3.8) is 0 Å². The summed E-state index contributed by atoms with van der Waals surface area (Å²) in [6.07, 6.45) is -0.0442. The summed E-state index contributed by atoms with van der Waals surface area (Å²) < 4.78 is 0.776. The summed E-state index contributed by atoms with van der Waals surface area (Å²) in [5, 5.41) is 13.7. The first-order valence-corrected chi connectivity index (χ1v) is 7.05. The summed E-state index contributed by atoms with van der Waals surface area (Å²) in [7, 11) is 0. The lowest BCUT2D eigenvalue weighted by atomic mass is 10.1. The molecule has 0 saturated carbocycles. The number of carbonyl (C=O) groups excluding carboxylic acids is 1. The number of carbonyl (C=O) groups is 1. The average Bonchev–Trinajstić information content (AvgIpc) is 2.42. The molecule has 5 nitrogen and oxygen atoms in total. The Balaban J connectivity index is 2.14. The zero-order chi connectivity index (χ0) is 15.4. The summed E-state index contributed by atoms with van der Waals surface area (Å²) in [5.41, 5.74) is 2.06. The fraction of sp³-hybridized carbons (Fsp3) is 0.133. The molecule has 0 aliphatic rings. The van der Waals surface area contributed by atoms with Crippen molar-refractivity contribution < 1.29 is 9.72 Å². The van der Waals surface area contributed by atoms with Crippen molar-refractivity contribution in [2.75, 3.05) is 5.32 Å². The van der Waals surface area contributed by atoms with Crippen molar-refractivity contribution in [2.24, 2.45) is 0 Å². The first kappa shape index (κ1) is 15.2. The molecule has 0 atom stereocenters. The van der Waals surface area contributed by atoms with Crippen molar-refractivity contribution in [2.45, 2.75) is 13.3 Å². The van der Waals surface area contributed by atoms with Crippen LogP contribution in [0.1, 0.15) is 11.1 Å². The number of amides is 1. The molecule has 1 N–H and O–H groups in total. The summed E-state index contributed by atoms with van der Waals surface area (Å²) in [4.78, 5) is 22.5. The maximum Gasteiger partial charge on any atom is 0.273 e. The first-order valence-electron chi connectivity index (χ1n) is 6.25. The molecule has 108 valence electrons. The van der Waals surface area contributed by atoms with Gasteiger partial charge in [-0.15, -0.1) is 0 Å². The predicted molar refractivity (Wildman–Crippen MR) is 84.3 cm³/mol. The van der Waals surface area contributed by atoms with Gasteiger partial charge in [-0.1, -0.05) is 24.3 Å². The van der Waals surface area contributed by atoms with Crippen LogP contribution in [-0.2, 0) is 11.2 Å². The lowest BCUT2D eigenvalue weighted by molar-refractivity contribution is -0.385. The molecule has 0 saturated heterocycles. The van der Waals surface area contributed by atoms with E-state index in [0.717, 1.165) is 10.0 Å². The Morgan fingerprint density at radius 2 is 2.00 bits per heavy atom. The second kappa shape index (κ2) is 6.49.